The Bertz CT molecular complexity index is 1130. The van der Waals surface area contributed by atoms with Crippen LogP contribution in [0, 0.1) is 11.8 Å². The van der Waals surface area contributed by atoms with E-state index in [-0.39, 0.29) is 28.5 Å². The molecule has 1 atom stereocenters. The molecule has 33 heavy (non-hydrogen) atoms. The second-order valence-electron chi connectivity index (χ2n) is 9.14. The zero-order chi connectivity index (χ0) is 23.6. The number of thiophene rings is 1. The van der Waals surface area contributed by atoms with Crippen LogP contribution in [0.1, 0.15) is 47.5 Å². The third kappa shape index (κ3) is 5.31. The third-order valence-corrected chi connectivity index (χ3v) is 9.25. The molecule has 0 unspecified atom stereocenters. The maximum absolute atomic E-state index is 13.3. The van der Waals surface area contributed by atoms with Crippen LogP contribution in [0.15, 0.2) is 40.6 Å². The van der Waals surface area contributed by atoms with Gasteiger partial charge in [0.15, 0.2) is 0 Å². The van der Waals surface area contributed by atoms with E-state index in [2.05, 4.69) is 5.32 Å². The molecule has 9 heteroatoms. The van der Waals surface area contributed by atoms with Crippen molar-refractivity contribution in [3.63, 3.8) is 0 Å². The Balaban J connectivity index is 1.45. The van der Waals surface area contributed by atoms with E-state index in [9.17, 15) is 18.0 Å². The fourth-order valence-electron chi connectivity index (χ4n) is 4.41. The molecule has 0 aliphatic carbocycles. The highest BCUT2D eigenvalue weighted by molar-refractivity contribution is 7.89. The van der Waals surface area contributed by atoms with E-state index in [0.717, 1.165) is 18.4 Å². The van der Waals surface area contributed by atoms with Gasteiger partial charge in [0.1, 0.15) is 0 Å². The zero-order valence-electron chi connectivity index (χ0n) is 19.1. The SMILES string of the molecule is CC(C)C(=O)NC[C@@H]1CCCN(C(=O)c2cccc(S(=O)(=O)N3CCc4sccc4C3)c2)C1. The molecule has 2 aliphatic heterocycles. The summed E-state index contributed by atoms with van der Waals surface area (Å²) in [5.41, 5.74) is 1.45. The Hall–Kier alpha value is -2.23. The first kappa shape index (κ1) is 23.9. The summed E-state index contributed by atoms with van der Waals surface area (Å²) in [4.78, 5) is 28.3. The number of hydrogen-bond donors (Lipinski definition) is 1. The lowest BCUT2D eigenvalue weighted by Gasteiger charge is -2.33. The lowest BCUT2D eigenvalue weighted by Crippen LogP contribution is -2.44. The summed E-state index contributed by atoms with van der Waals surface area (Å²) in [7, 11) is -3.69. The van der Waals surface area contributed by atoms with Crippen molar-refractivity contribution in [2.45, 2.75) is 44.6 Å². The Morgan fingerprint density at radius 2 is 2.03 bits per heavy atom. The zero-order valence-corrected chi connectivity index (χ0v) is 20.8. The highest BCUT2D eigenvalue weighted by atomic mass is 32.2. The normalized spacial score (nSPS) is 19.4. The van der Waals surface area contributed by atoms with E-state index in [1.54, 1.807) is 34.4 Å². The van der Waals surface area contributed by atoms with Gasteiger partial charge >= 0.3 is 0 Å². The van der Waals surface area contributed by atoms with Crippen LogP contribution in [0.25, 0.3) is 0 Å². The van der Waals surface area contributed by atoms with Crippen LogP contribution >= 0.6 is 11.3 Å². The van der Waals surface area contributed by atoms with E-state index in [0.29, 0.717) is 44.7 Å². The van der Waals surface area contributed by atoms with Crippen molar-refractivity contribution in [1.82, 2.24) is 14.5 Å². The Labute approximate surface area is 199 Å². The van der Waals surface area contributed by atoms with Crippen molar-refractivity contribution >= 4 is 33.2 Å². The average molecular weight is 490 g/mol. The first-order valence-corrected chi connectivity index (χ1v) is 13.8. The van der Waals surface area contributed by atoms with E-state index < -0.39 is 10.0 Å². The summed E-state index contributed by atoms with van der Waals surface area (Å²) in [6.07, 6.45) is 2.53. The van der Waals surface area contributed by atoms with Crippen LogP contribution < -0.4 is 5.32 Å². The lowest BCUT2D eigenvalue weighted by molar-refractivity contribution is -0.124. The minimum atomic E-state index is -3.69. The van der Waals surface area contributed by atoms with Gasteiger partial charge in [-0.2, -0.15) is 4.31 Å². The molecule has 1 fully saturated rings. The Morgan fingerprint density at radius 3 is 2.82 bits per heavy atom. The molecule has 3 heterocycles. The summed E-state index contributed by atoms with van der Waals surface area (Å²) >= 11 is 1.67. The minimum Gasteiger partial charge on any atom is -0.356 e. The number of piperidine rings is 1. The quantitative estimate of drug-likeness (QED) is 0.676. The van der Waals surface area contributed by atoms with Gasteiger partial charge in [-0.15, -0.1) is 11.3 Å². The molecule has 0 bridgehead atoms. The standard InChI is InChI=1S/C24H31N3O4S2/c1-17(2)23(28)25-14-18-5-4-10-26(15-18)24(29)19-6-3-7-21(13-19)33(30,31)27-11-8-22-20(16-27)9-12-32-22/h3,6-7,9,12-13,17-18H,4-5,8,10-11,14-16H2,1-2H3,(H,25,28)/t18-/m0/s1. The predicted octanol–water partition coefficient (Wildman–Crippen LogP) is 3.12. The fraction of sp³-hybridized carbons (Fsp3) is 0.500. The second kappa shape index (κ2) is 9.95. The number of nitrogens with zero attached hydrogens (tertiary/aromatic N) is 2. The number of sulfonamides is 1. The molecule has 1 aromatic heterocycles. The Kier molecular flexibility index (Phi) is 7.21. The molecule has 0 radical (unpaired) electrons. The van der Waals surface area contributed by atoms with Gasteiger partial charge in [0.25, 0.3) is 5.91 Å². The van der Waals surface area contributed by atoms with Gasteiger partial charge in [0, 0.05) is 49.1 Å². The van der Waals surface area contributed by atoms with Gasteiger partial charge in [-0.25, -0.2) is 8.42 Å². The van der Waals surface area contributed by atoms with Crippen LogP contribution in [-0.4, -0.2) is 55.6 Å². The van der Waals surface area contributed by atoms with Crippen molar-refractivity contribution in [2.75, 3.05) is 26.2 Å². The molecular formula is C24H31N3O4S2. The summed E-state index contributed by atoms with van der Waals surface area (Å²) in [6.45, 7) is 6.28. The number of rotatable bonds is 6. The van der Waals surface area contributed by atoms with Gasteiger partial charge in [0.2, 0.25) is 15.9 Å². The van der Waals surface area contributed by atoms with Gasteiger partial charge in [-0.3, -0.25) is 9.59 Å². The maximum Gasteiger partial charge on any atom is 0.253 e. The van der Waals surface area contributed by atoms with Crippen molar-refractivity contribution in [3.05, 3.63) is 51.7 Å². The molecule has 0 saturated carbocycles. The van der Waals surface area contributed by atoms with Crippen molar-refractivity contribution in [3.8, 4) is 0 Å². The van der Waals surface area contributed by atoms with Crippen LogP contribution in [0.3, 0.4) is 0 Å². The maximum atomic E-state index is 13.3. The molecule has 2 aliphatic rings. The summed E-state index contributed by atoms with van der Waals surface area (Å²) in [5, 5.41) is 4.96. The number of amides is 2. The monoisotopic (exact) mass is 489 g/mol. The van der Waals surface area contributed by atoms with Crippen molar-refractivity contribution in [2.24, 2.45) is 11.8 Å². The average Bonchev–Trinajstić information content (AvgIpc) is 3.30. The first-order valence-electron chi connectivity index (χ1n) is 11.5. The van der Waals surface area contributed by atoms with Crippen LogP contribution in [0.4, 0.5) is 0 Å². The molecule has 4 rings (SSSR count). The number of carbonyl (C=O) groups excluding carboxylic acids is 2. The lowest BCUT2D eigenvalue weighted by atomic mass is 9.97. The summed E-state index contributed by atoms with van der Waals surface area (Å²) in [6, 6.07) is 8.38. The molecule has 0 spiro atoms. The molecule has 2 aromatic rings. The summed E-state index contributed by atoms with van der Waals surface area (Å²) in [5.74, 6) is -0.0120. The number of likely N-dealkylation sites (tertiary alicyclic amines) is 1. The number of nitrogens with one attached hydrogen (secondary N) is 1. The minimum absolute atomic E-state index is 0.0173. The van der Waals surface area contributed by atoms with Crippen molar-refractivity contribution in [1.29, 1.82) is 0 Å². The molecule has 1 saturated heterocycles. The van der Waals surface area contributed by atoms with Gasteiger partial charge < -0.3 is 10.2 Å². The third-order valence-electron chi connectivity index (χ3n) is 6.39. The van der Waals surface area contributed by atoms with Crippen LogP contribution in [0.5, 0.6) is 0 Å². The highest BCUT2D eigenvalue weighted by Crippen LogP contribution is 2.28. The fourth-order valence-corrected chi connectivity index (χ4v) is 6.77. The Morgan fingerprint density at radius 1 is 1.21 bits per heavy atom. The first-order chi connectivity index (χ1) is 15.8. The molecular weight excluding hydrogens is 458 g/mol. The van der Waals surface area contributed by atoms with E-state index in [1.165, 1.54) is 15.2 Å². The number of hydrogen-bond acceptors (Lipinski definition) is 5. The number of carbonyl (C=O) groups is 2. The van der Waals surface area contributed by atoms with Gasteiger partial charge in [0.05, 0.1) is 4.90 Å². The van der Waals surface area contributed by atoms with E-state index in [1.807, 2.05) is 25.3 Å². The van der Waals surface area contributed by atoms with E-state index >= 15 is 0 Å². The molecule has 1 aromatic carbocycles. The molecule has 1 N–H and O–H groups in total. The predicted molar refractivity (Wildman–Crippen MR) is 129 cm³/mol. The van der Waals surface area contributed by atoms with Gasteiger partial charge in [-0.05, 0) is 60.4 Å². The summed E-state index contributed by atoms with van der Waals surface area (Å²) < 4.78 is 28.1. The largest absolute Gasteiger partial charge is 0.356 e. The molecule has 2 amide bonds. The van der Waals surface area contributed by atoms with Crippen molar-refractivity contribution < 1.29 is 18.0 Å². The van der Waals surface area contributed by atoms with Gasteiger partial charge in [-0.1, -0.05) is 19.9 Å². The smallest absolute Gasteiger partial charge is 0.253 e. The van der Waals surface area contributed by atoms with Crippen LogP contribution in [-0.2, 0) is 27.8 Å². The number of benzene rings is 1. The highest BCUT2D eigenvalue weighted by Gasteiger charge is 2.30. The second-order valence-corrected chi connectivity index (χ2v) is 12.1. The van der Waals surface area contributed by atoms with E-state index in [4.69, 9.17) is 0 Å². The topological polar surface area (TPSA) is 86.8 Å². The number of fused-ring (bicyclic) bond motifs is 1. The van der Waals surface area contributed by atoms with Crippen LogP contribution in [0.2, 0.25) is 0 Å². The molecule has 7 nitrogen and oxygen atoms in total. The molecule has 178 valence electrons.